The minimum atomic E-state index is -1.31. The molecule has 1 aromatic carbocycles. The first-order valence-corrected chi connectivity index (χ1v) is 13.1. The first-order valence-electron chi connectivity index (χ1n) is 13.1. The molecule has 3 aliphatic heterocycles. The van der Waals surface area contributed by atoms with E-state index in [1.807, 2.05) is 37.3 Å². The highest BCUT2D eigenvalue weighted by Gasteiger charge is 2.48. The standard InChI is InChI=1S/C26H39N3O9/c1-4-10-34-26-21(29-15(3)31)23(33)22(32)18(37-26)11-27-20-17(28-14(2)30)12-35-19-13-36-25(38-24(19)20)16-8-6-5-7-9-16/h5-9,17-27,32-33H,4,10-13H2,1-3H3,(H,28,30)(H,29,31)/t17-,18+,19+,20+,21+,22+,23+,24+,25+,26-/m0/s1. The largest absolute Gasteiger partial charge is 0.388 e. The van der Waals surface area contributed by atoms with Crippen molar-refractivity contribution in [1.29, 1.82) is 0 Å². The Hall–Kier alpha value is -2.16. The lowest BCUT2D eigenvalue weighted by atomic mass is 9.92. The van der Waals surface area contributed by atoms with E-state index in [0.717, 1.165) is 5.56 Å². The van der Waals surface area contributed by atoms with Gasteiger partial charge in [-0.05, 0) is 6.42 Å². The van der Waals surface area contributed by atoms with Crippen molar-refractivity contribution < 1.29 is 43.5 Å². The van der Waals surface area contributed by atoms with Gasteiger partial charge in [0.2, 0.25) is 11.8 Å². The predicted molar refractivity (Wildman–Crippen MR) is 134 cm³/mol. The van der Waals surface area contributed by atoms with E-state index in [9.17, 15) is 19.8 Å². The number of fused-ring (bicyclic) bond motifs is 1. The second-order valence-electron chi connectivity index (χ2n) is 9.91. The van der Waals surface area contributed by atoms with Crippen molar-refractivity contribution in [3.8, 4) is 0 Å². The lowest BCUT2D eigenvalue weighted by molar-refractivity contribution is -0.289. The number of benzene rings is 1. The molecule has 2 amide bonds. The Bertz CT molecular complexity index is 922. The highest BCUT2D eigenvalue weighted by atomic mass is 16.7. The predicted octanol–water partition coefficient (Wildman–Crippen LogP) is -0.660. The maximum atomic E-state index is 12.0. The van der Waals surface area contributed by atoms with Crippen LogP contribution in [0.3, 0.4) is 0 Å². The molecule has 0 aliphatic carbocycles. The summed E-state index contributed by atoms with van der Waals surface area (Å²) < 4.78 is 30.0. The van der Waals surface area contributed by atoms with Crippen LogP contribution >= 0.6 is 0 Å². The summed E-state index contributed by atoms with van der Waals surface area (Å²) >= 11 is 0. The average Bonchev–Trinajstić information content (AvgIpc) is 2.90. The van der Waals surface area contributed by atoms with Gasteiger partial charge in [0.15, 0.2) is 12.6 Å². The van der Waals surface area contributed by atoms with Crippen molar-refractivity contribution in [1.82, 2.24) is 16.0 Å². The highest BCUT2D eigenvalue weighted by molar-refractivity contribution is 5.73. The SMILES string of the molecule is CCCO[C@H]1O[C@H](CN[C@H]2[C@@H]3O[C@H](c4ccccc4)OC[C@H]3OC[C@@H]2NC(C)=O)[C@@H](O)[C@H](O)[C@H]1NC(C)=O. The number of amides is 2. The summed E-state index contributed by atoms with van der Waals surface area (Å²) in [7, 11) is 0. The molecule has 38 heavy (non-hydrogen) atoms. The van der Waals surface area contributed by atoms with Crippen molar-refractivity contribution in [2.75, 3.05) is 26.4 Å². The molecule has 4 rings (SSSR count). The van der Waals surface area contributed by atoms with Crippen LogP contribution in [-0.2, 0) is 33.3 Å². The van der Waals surface area contributed by atoms with E-state index < -0.39 is 55.1 Å². The molecule has 0 unspecified atom stereocenters. The molecule has 12 nitrogen and oxygen atoms in total. The molecule has 0 radical (unpaired) electrons. The van der Waals surface area contributed by atoms with Crippen molar-refractivity contribution >= 4 is 11.8 Å². The molecular weight excluding hydrogens is 498 g/mol. The minimum Gasteiger partial charge on any atom is -0.388 e. The average molecular weight is 538 g/mol. The summed E-state index contributed by atoms with van der Waals surface area (Å²) in [5.74, 6) is -0.589. The summed E-state index contributed by atoms with van der Waals surface area (Å²) in [6.07, 6.45) is -5.17. The van der Waals surface area contributed by atoms with E-state index in [1.165, 1.54) is 13.8 Å². The molecule has 1 aromatic rings. The summed E-state index contributed by atoms with van der Waals surface area (Å²) in [5.41, 5.74) is 0.862. The van der Waals surface area contributed by atoms with E-state index in [0.29, 0.717) is 19.6 Å². The number of hydrogen-bond donors (Lipinski definition) is 5. The number of carbonyl (C=O) groups excluding carboxylic acids is 2. The second-order valence-corrected chi connectivity index (χ2v) is 9.91. The van der Waals surface area contributed by atoms with Gasteiger partial charge in [-0.15, -0.1) is 0 Å². The first kappa shape index (κ1) is 28.8. The van der Waals surface area contributed by atoms with E-state index in [-0.39, 0.29) is 31.1 Å². The Morgan fingerprint density at radius 3 is 2.39 bits per heavy atom. The number of hydrogen-bond acceptors (Lipinski definition) is 10. The van der Waals surface area contributed by atoms with Crippen molar-refractivity contribution in [2.24, 2.45) is 0 Å². The van der Waals surface area contributed by atoms with Gasteiger partial charge in [-0.3, -0.25) is 9.59 Å². The number of rotatable bonds is 9. The molecule has 3 aliphatic rings. The Balaban J connectivity index is 1.49. The van der Waals surface area contributed by atoms with Crippen LogP contribution in [0.2, 0.25) is 0 Å². The minimum absolute atomic E-state index is 0.112. The number of aliphatic hydroxyl groups excluding tert-OH is 2. The molecule has 3 fully saturated rings. The van der Waals surface area contributed by atoms with E-state index >= 15 is 0 Å². The summed E-state index contributed by atoms with van der Waals surface area (Å²) in [4.78, 5) is 23.6. The quantitative estimate of drug-likeness (QED) is 0.274. The van der Waals surface area contributed by atoms with Crippen LogP contribution in [0.1, 0.15) is 39.0 Å². The molecule has 0 spiro atoms. The van der Waals surface area contributed by atoms with Gasteiger partial charge >= 0.3 is 0 Å². The van der Waals surface area contributed by atoms with Crippen LogP contribution in [0.25, 0.3) is 0 Å². The Morgan fingerprint density at radius 1 is 0.974 bits per heavy atom. The number of nitrogens with one attached hydrogen (secondary N) is 3. The van der Waals surface area contributed by atoms with Crippen molar-refractivity contribution in [2.45, 2.75) is 88.4 Å². The lowest BCUT2D eigenvalue weighted by Crippen LogP contribution is -2.69. The molecule has 0 aromatic heterocycles. The lowest BCUT2D eigenvalue weighted by Gasteiger charge is -2.48. The molecular formula is C26H39N3O9. The van der Waals surface area contributed by atoms with Crippen LogP contribution < -0.4 is 16.0 Å². The van der Waals surface area contributed by atoms with E-state index in [4.69, 9.17) is 23.7 Å². The number of carbonyl (C=O) groups is 2. The molecule has 212 valence electrons. The number of ether oxygens (including phenoxy) is 5. The monoisotopic (exact) mass is 537 g/mol. The van der Waals surface area contributed by atoms with Gasteiger partial charge in [-0.2, -0.15) is 0 Å². The van der Waals surface area contributed by atoms with Crippen LogP contribution in [0, 0.1) is 0 Å². The third-order valence-corrected chi connectivity index (χ3v) is 6.91. The van der Waals surface area contributed by atoms with E-state index in [1.54, 1.807) is 0 Å². The van der Waals surface area contributed by atoms with Gasteiger partial charge in [0.05, 0.1) is 25.3 Å². The summed E-state index contributed by atoms with van der Waals surface area (Å²) in [6, 6.07) is 7.79. The van der Waals surface area contributed by atoms with Gasteiger partial charge in [0.1, 0.15) is 36.6 Å². The summed E-state index contributed by atoms with van der Waals surface area (Å²) in [6.45, 7) is 5.70. The zero-order valence-electron chi connectivity index (χ0n) is 21.9. The molecule has 0 bridgehead atoms. The van der Waals surface area contributed by atoms with Gasteiger partial charge < -0.3 is 49.8 Å². The zero-order valence-corrected chi connectivity index (χ0v) is 21.9. The maximum absolute atomic E-state index is 12.0. The van der Waals surface area contributed by atoms with Gasteiger partial charge in [-0.1, -0.05) is 37.3 Å². The van der Waals surface area contributed by atoms with Crippen LogP contribution in [0.5, 0.6) is 0 Å². The Labute approximate surface area is 222 Å². The highest BCUT2D eigenvalue weighted by Crippen LogP contribution is 2.32. The number of aliphatic hydroxyl groups is 2. The Morgan fingerprint density at radius 2 is 1.71 bits per heavy atom. The second kappa shape index (κ2) is 13.3. The normalized spacial score (nSPS) is 37.2. The van der Waals surface area contributed by atoms with Crippen LogP contribution in [0.15, 0.2) is 30.3 Å². The van der Waals surface area contributed by atoms with Crippen LogP contribution in [-0.4, -0.2) is 103 Å². The fourth-order valence-corrected chi connectivity index (χ4v) is 5.12. The summed E-state index contributed by atoms with van der Waals surface area (Å²) in [5, 5.41) is 30.6. The fraction of sp³-hybridized carbons (Fsp3) is 0.692. The maximum Gasteiger partial charge on any atom is 0.217 e. The van der Waals surface area contributed by atoms with Crippen molar-refractivity contribution in [3.63, 3.8) is 0 Å². The molecule has 3 saturated heterocycles. The molecule has 12 heteroatoms. The van der Waals surface area contributed by atoms with Gasteiger partial charge in [-0.25, -0.2) is 0 Å². The zero-order chi connectivity index (χ0) is 27.2. The third kappa shape index (κ3) is 6.88. The third-order valence-electron chi connectivity index (χ3n) is 6.91. The van der Waals surface area contributed by atoms with E-state index in [2.05, 4.69) is 16.0 Å². The topological polar surface area (TPSA) is 157 Å². The van der Waals surface area contributed by atoms with Crippen LogP contribution in [0.4, 0.5) is 0 Å². The molecule has 10 atom stereocenters. The molecule has 5 N–H and O–H groups in total. The fourth-order valence-electron chi connectivity index (χ4n) is 5.12. The van der Waals surface area contributed by atoms with Crippen molar-refractivity contribution in [3.05, 3.63) is 35.9 Å². The van der Waals surface area contributed by atoms with Gasteiger partial charge in [0.25, 0.3) is 0 Å². The first-order chi connectivity index (χ1) is 18.3. The Kier molecular flexibility index (Phi) is 10.1. The molecule has 0 saturated carbocycles. The smallest absolute Gasteiger partial charge is 0.217 e. The molecule has 3 heterocycles. The van der Waals surface area contributed by atoms with Gasteiger partial charge in [0, 0.05) is 32.6 Å².